The smallest absolute Gasteiger partial charge is 0.339 e. The zero-order valence-electron chi connectivity index (χ0n) is 17.1. The van der Waals surface area contributed by atoms with Gasteiger partial charge in [-0.05, 0) is 43.2 Å². The second-order valence-electron chi connectivity index (χ2n) is 7.36. The lowest BCUT2D eigenvalue weighted by molar-refractivity contribution is 0.0472. The van der Waals surface area contributed by atoms with E-state index in [1.165, 1.54) is 23.9 Å². The van der Waals surface area contributed by atoms with E-state index in [1.54, 1.807) is 12.1 Å². The van der Waals surface area contributed by atoms with Gasteiger partial charge in [0.1, 0.15) is 29.0 Å². The van der Waals surface area contributed by atoms with Gasteiger partial charge < -0.3 is 14.3 Å². The zero-order valence-corrected chi connectivity index (χ0v) is 17.9. The van der Waals surface area contributed by atoms with E-state index in [1.807, 2.05) is 13.2 Å². The summed E-state index contributed by atoms with van der Waals surface area (Å²) in [6, 6.07) is 8.09. The molecule has 1 fully saturated rings. The van der Waals surface area contributed by atoms with Gasteiger partial charge in [0, 0.05) is 34.7 Å². The Morgan fingerprint density at radius 1 is 1.32 bits per heavy atom. The van der Waals surface area contributed by atoms with Crippen molar-refractivity contribution in [1.29, 1.82) is 5.26 Å². The molecule has 7 nitrogen and oxygen atoms in total. The summed E-state index contributed by atoms with van der Waals surface area (Å²) in [6.45, 7) is 1.72. The van der Waals surface area contributed by atoms with E-state index < -0.39 is 11.6 Å². The zero-order chi connectivity index (χ0) is 22.1. The Hall–Kier alpha value is -3.31. The summed E-state index contributed by atoms with van der Waals surface area (Å²) >= 11 is 1.32. The van der Waals surface area contributed by atoms with Gasteiger partial charge in [0.05, 0.1) is 11.1 Å². The third-order valence-electron chi connectivity index (χ3n) is 5.30. The number of aryl methyl sites for hydroxylation is 1. The Morgan fingerprint density at radius 2 is 2.10 bits per heavy atom. The van der Waals surface area contributed by atoms with Crippen LogP contribution in [0.2, 0.25) is 0 Å². The quantitative estimate of drug-likeness (QED) is 0.346. The molecule has 31 heavy (non-hydrogen) atoms. The van der Waals surface area contributed by atoms with E-state index in [4.69, 9.17) is 9.15 Å². The van der Waals surface area contributed by atoms with Gasteiger partial charge in [0.2, 0.25) is 0 Å². The number of rotatable bonds is 6. The molecule has 1 N–H and O–H groups in total. The molecule has 2 aromatic heterocycles. The highest BCUT2D eigenvalue weighted by Gasteiger charge is 2.29. The number of hydrogen-bond donors (Lipinski definition) is 1. The number of pyridine rings is 1. The highest BCUT2D eigenvalue weighted by atomic mass is 32.2. The predicted octanol–water partition coefficient (Wildman–Crippen LogP) is 4.28. The van der Waals surface area contributed by atoms with E-state index in [-0.39, 0.29) is 29.1 Å². The average Bonchev–Trinajstić information content (AvgIpc) is 3.61. The molecule has 8 heteroatoms. The monoisotopic (exact) mass is 436 g/mol. The summed E-state index contributed by atoms with van der Waals surface area (Å²) in [5, 5.41) is 20.7. The molecule has 0 bridgehead atoms. The van der Waals surface area contributed by atoms with E-state index in [2.05, 4.69) is 11.1 Å². The van der Waals surface area contributed by atoms with Crippen LogP contribution in [0.3, 0.4) is 0 Å². The maximum atomic E-state index is 12.9. The van der Waals surface area contributed by atoms with Gasteiger partial charge >= 0.3 is 11.6 Å². The van der Waals surface area contributed by atoms with Crippen molar-refractivity contribution in [3.05, 3.63) is 62.6 Å². The fourth-order valence-electron chi connectivity index (χ4n) is 3.48. The van der Waals surface area contributed by atoms with Gasteiger partial charge in [-0.15, -0.1) is 11.8 Å². The summed E-state index contributed by atoms with van der Waals surface area (Å²) in [4.78, 5) is 29.4. The van der Waals surface area contributed by atoms with E-state index in [0.717, 1.165) is 18.5 Å². The van der Waals surface area contributed by atoms with Crippen molar-refractivity contribution >= 4 is 28.7 Å². The number of thioether (sulfide) groups is 1. The number of fused-ring (bicyclic) bond motifs is 1. The number of aromatic hydroxyl groups is 1. The molecular weight excluding hydrogens is 416 g/mol. The number of aromatic nitrogens is 1. The molecule has 0 atom stereocenters. The molecule has 4 rings (SSSR count). The number of phenols is 1. The summed E-state index contributed by atoms with van der Waals surface area (Å²) in [6.07, 6.45) is 4.42. The first kappa shape index (κ1) is 20.9. The van der Waals surface area contributed by atoms with Gasteiger partial charge in [-0.3, -0.25) is 0 Å². The third kappa shape index (κ3) is 4.14. The van der Waals surface area contributed by atoms with Crippen LogP contribution in [0, 0.1) is 11.3 Å². The predicted molar refractivity (Wildman–Crippen MR) is 115 cm³/mol. The molecule has 0 saturated heterocycles. The van der Waals surface area contributed by atoms with Crippen LogP contribution >= 0.6 is 11.8 Å². The van der Waals surface area contributed by atoms with Crippen LogP contribution in [0.1, 0.15) is 58.4 Å². The summed E-state index contributed by atoms with van der Waals surface area (Å²) < 4.78 is 10.7. The average molecular weight is 436 g/mol. The second kappa shape index (κ2) is 8.44. The molecule has 1 saturated carbocycles. The molecule has 1 aliphatic carbocycles. The molecular formula is C23H20N2O5S. The Labute approximate surface area is 182 Å². The minimum Gasteiger partial charge on any atom is -0.508 e. The molecule has 3 aromatic rings. The van der Waals surface area contributed by atoms with Crippen molar-refractivity contribution < 1.29 is 19.1 Å². The van der Waals surface area contributed by atoms with Gasteiger partial charge in [-0.25, -0.2) is 14.6 Å². The Morgan fingerprint density at radius 3 is 2.74 bits per heavy atom. The lowest BCUT2D eigenvalue weighted by Crippen LogP contribution is -2.11. The summed E-state index contributed by atoms with van der Waals surface area (Å²) in [5.74, 6) is -0.292. The highest BCUT2D eigenvalue weighted by Crippen LogP contribution is 2.40. The second-order valence-corrected chi connectivity index (χ2v) is 8.16. The fourth-order valence-corrected chi connectivity index (χ4v) is 4.03. The largest absolute Gasteiger partial charge is 0.508 e. The number of ether oxygens (including phenoxy) is 1. The van der Waals surface area contributed by atoms with Gasteiger partial charge in [0.15, 0.2) is 0 Å². The lowest BCUT2D eigenvalue weighted by atomic mass is 10.0. The molecule has 0 amide bonds. The Bertz CT molecular complexity index is 1290. The first-order valence-corrected chi connectivity index (χ1v) is 11.1. The van der Waals surface area contributed by atoms with Crippen LogP contribution in [0.5, 0.6) is 5.75 Å². The van der Waals surface area contributed by atoms with E-state index >= 15 is 0 Å². The van der Waals surface area contributed by atoms with Crippen molar-refractivity contribution in [1.82, 2.24) is 4.98 Å². The minimum absolute atomic E-state index is 0.0416. The number of carbonyl (C=O) groups is 1. The lowest BCUT2D eigenvalue weighted by Gasteiger charge is -2.12. The number of nitriles is 1. The van der Waals surface area contributed by atoms with E-state index in [9.17, 15) is 20.0 Å². The third-order valence-corrected chi connectivity index (χ3v) is 5.98. The maximum Gasteiger partial charge on any atom is 0.339 e. The van der Waals surface area contributed by atoms with Crippen LogP contribution in [-0.4, -0.2) is 22.3 Å². The normalized spacial score (nSPS) is 13.2. The van der Waals surface area contributed by atoms with Crippen molar-refractivity contribution in [2.75, 3.05) is 6.26 Å². The van der Waals surface area contributed by atoms with Crippen LogP contribution in [0.25, 0.3) is 11.0 Å². The number of carbonyl (C=O) groups excluding carboxylic acids is 1. The molecule has 1 aromatic carbocycles. The topological polar surface area (TPSA) is 113 Å². The van der Waals surface area contributed by atoms with Gasteiger partial charge in [-0.2, -0.15) is 5.26 Å². The molecule has 2 heterocycles. The first-order valence-electron chi connectivity index (χ1n) is 9.89. The number of phenolic OH excluding ortho intramolecular Hbond substituents is 1. The van der Waals surface area contributed by atoms with Crippen molar-refractivity contribution in [3.8, 4) is 11.8 Å². The van der Waals surface area contributed by atoms with Crippen LogP contribution < -0.4 is 5.63 Å². The van der Waals surface area contributed by atoms with Crippen LogP contribution in [-0.2, 0) is 17.8 Å². The van der Waals surface area contributed by atoms with Crippen molar-refractivity contribution in [2.45, 2.75) is 43.7 Å². The number of hydrogen-bond acceptors (Lipinski definition) is 8. The van der Waals surface area contributed by atoms with Gasteiger partial charge in [0.25, 0.3) is 0 Å². The standard InChI is InChI=1S/C23H20N2O5S/c1-3-12-6-15-14(7-21(27)30-20(15)9-19(12)26)11-29-23(28)16-8-18(13-4-5-13)25-22(31-2)17(16)10-24/h6-9,13,26H,3-5,11H2,1-2H3. The molecule has 0 unspecified atom stereocenters. The van der Waals surface area contributed by atoms with Gasteiger partial charge in [-0.1, -0.05) is 6.92 Å². The molecule has 0 radical (unpaired) electrons. The Kier molecular flexibility index (Phi) is 5.70. The molecule has 0 aliphatic heterocycles. The summed E-state index contributed by atoms with van der Waals surface area (Å²) in [7, 11) is 0. The van der Waals surface area contributed by atoms with Crippen molar-refractivity contribution in [3.63, 3.8) is 0 Å². The SMILES string of the molecule is CCc1cc2c(COC(=O)c3cc(C4CC4)nc(SC)c3C#N)cc(=O)oc2cc1O. The number of esters is 1. The maximum absolute atomic E-state index is 12.9. The van der Waals surface area contributed by atoms with Crippen molar-refractivity contribution in [2.24, 2.45) is 0 Å². The minimum atomic E-state index is -0.646. The molecule has 1 aliphatic rings. The molecule has 158 valence electrons. The fraction of sp³-hybridized carbons (Fsp3) is 0.304. The Balaban J connectivity index is 1.68. The highest BCUT2D eigenvalue weighted by molar-refractivity contribution is 7.98. The number of benzene rings is 1. The number of nitrogens with zero attached hydrogens (tertiary/aromatic N) is 2. The summed E-state index contributed by atoms with van der Waals surface area (Å²) in [5.41, 5.74) is 1.94. The van der Waals surface area contributed by atoms with Crippen LogP contribution in [0.4, 0.5) is 0 Å². The first-order chi connectivity index (χ1) is 14.9. The van der Waals surface area contributed by atoms with E-state index in [0.29, 0.717) is 33.9 Å². The van der Waals surface area contributed by atoms with Crippen LogP contribution in [0.15, 0.2) is 38.5 Å². The molecule has 0 spiro atoms.